The molecule has 1 saturated carbocycles. The van der Waals surface area contributed by atoms with Crippen molar-refractivity contribution in [3.8, 4) is 0 Å². The van der Waals surface area contributed by atoms with Crippen LogP contribution in [0.15, 0.2) is 12.1 Å². The largest absolute Gasteiger partial charge is 0.368 e. The average molecular weight is 246 g/mol. The lowest BCUT2D eigenvalue weighted by Gasteiger charge is -2.21. The molecular formula is C15H22N2O. The van der Waals surface area contributed by atoms with Gasteiger partial charge in [-0.3, -0.25) is 4.79 Å². The van der Waals surface area contributed by atoms with E-state index in [-0.39, 0.29) is 11.9 Å². The Balaban J connectivity index is 2.26. The van der Waals surface area contributed by atoms with E-state index in [1.54, 1.807) is 0 Å². The highest BCUT2D eigenvalue weighted by Gasteiger charge is 2.26. The zero-order chi connectivity index (χ0) is 13.3. The predicted octanol–water partition coefficient (Wildman–Crippen LogP) is 2.14. The molecule has 1 amide bonds. The molecule has 1 aliphatic rings. The minimum absolute atomic E-state index is 0.286. The van der Waals surface area contributed by atoms with E-state index in [1.807, 2.05) is 13.8 Å². The molecule has 3 N–H and O–H groups in total. The minimum Gasteiger partial charge on any atom is -0.368 e. The minimum atomic E-state index is -0.355. The third-order valence-electron chi connectivity index (χ3n) is 3.62. The normalized spacial score (nSPS) is 16.6. The second kappa shape index (κ2) is 5.11. The number of carbonyl (C=O) groups is 1. The van der Waals surface area contributed by atoms with Crippen molar-refractivity contribution in [1.82, 2.24) is 5.32 Å². The van der Waals surface area contributed by atoms with Crippen LogP contribution >= 0.6 is 0 Å². The van der Waals surface area contributed by atoms with Crippen molar-refractivity contribution < 1.29 is 4.79 Å². The van der Waals surface area contributed by atoms with E-state index in [2.05, 4.69) is 24.4 Å². The molecule has 1 aromatic carbocycles. The van der Waals surface area contributed by atoms with E-state index in [4.69, 9.17) is 5.73 Å². The van der Waals surface area contributed by atoms with Crippen molar-refractivity contribution in [2.45, 2.75) is 39.7 Å². The summed E-state index contributed by atoms with van der Waals surface area (Å²) in [6.07, 6.45) is 2.54. The molecule has 2 rings (SSSR count). The van der Waals surface area contributed by atoms with Crippen LogP contribution in [0.5, 0.6) is 0 Å². The van der Waals surface area contributed by atoms with Gasteiger partial charge in [-0.25, -0.2) is 0 Å². The number of hydrogen-bond acceptors (Lipinski definition) is 2. The smallest absolute Gasteiger partial charge is 0.239 e. The molecule has 0 saturated heterocycles. The molecule has 3 heteroatoms. The first kappa shape index (κ1) is 13.1. The van der Waals surface area contributed by atoms with E-state index in [0.29, 0.717) is 0 Å². The van der Waals surface area contributed by atoms with Gasteiger partial charge in [0.05, 0.1) is 0 Å². The van der Waals surface area contributed by atoms with Gasteiger partial charge in [-0.05, 0) is 62.8 Å². The molecule has 1 aliphatic carbocycles. The fraction of sp³-hybridized carbons (Fsp3) is 0.533. The van der Waals surface area contributed by atoms with Gasteiger partial charge in [0.1, 0.15) is 6.04 Å². The molecule has 3 nitrogen and oxygen atoms in total. The monoisotopic (exact) mass is 246 g/mol. The number of nitrogens with two attached hydrogens (primary N) is 1. The standard InChI is InChI=1S/C15H22N2O/c1-9-6-10(2)13(11(3)7-9)14(15(16)18)17-8-12-4-5-12/h6-7,12,14,17H,4-5,8H2,1-3H3,(H2,16,18). The number of rotatable bonds is 5. The maximum atomic E-state index is 11.7. The van der Waals surface area contributed by atoms with Gasteiger partial charge in [-0.2, -0.15) is 0 Å². The van der Waals surface area contributed by atoms with Crippen molar-refractivity contribution >= 4 is 5.91 Å². The summed E-state index contributed by atoms with van der Waals surface area (Å²) in [7, 11) is 0. The quantitative estimate of drug-likeness (QED) is 0.836. The molecule has 0 heterocycles. The lowest BCUT2D eigenvalue weighted by Crippen LogP contribution is -2.35. The maximum Gasteiger partial charge on any atom is 0.239 e. The van der Waals surface area contributed by atoms with E-state index in [1.165, 1.54) is 18.4 Å². The van der Waals surface area contributed by atoms with Crippen LogP contribution < -0.4 is 11.1 Å². The summed E-state index contributed by atoms with van der Waals surface area (Å²) in [6, 6.07) is 3.86. The van der Waals surface area contributed by atoms with Gasteiger partial charge in [0.2, 0.25) is 5.91 Å². The van der Waals surface area contributed by atoms with Crippen molar-refractivity contribution in [2.24, 2.45) is 11.7 Å². The summed E-state index contributed by atoms with van der Waals surface area (Å²) in [6.45, 7) is 7.05. The van der Waals surface area contributed by atoms with E-state index in [0.717, 1.165) is 29.2 Å². The number of benzene rings is 1. The fourth-order valence-electron chi connectivity index (χ4n) is 2.60. The summed E-state index contributed by atoms with van der Waals surface area (Å²) >= 11 is 0. The summed E-state index contributed by atoms with van der Waals surface area (Å²) < 4.78 is 0. The first-order valence-electron chi connectivity index (χ1n) is 6.59. The van der Waals surface area contributed by atoms with E-state index in [9.17, 15) is 4.79 Å². The Morgan fingerprint density at radius 1 is 1.33 bits per heavy atom. The molecule has 0 bridgehead atoms. The van der Waals surface area contributed by atoms with Gasteiger partial charge in [-0.1, -0.05) is 17.7 Å². The van der Waals surface area contributed by atoms with Crippen molar-refractivity contribution in [1.29, 1.82) is 0 Å². The van der Waals surface area contributed by atoms with Crippen LogP contribution in [-0.4, -0.2) is 12.5 Å². The molecule has 1 fully saturated rings. The Hall–Kier alpha value is -1.35. The van der Waals surface area contributed by atoms with Crippen LogP contribution in [0, 0.1) is 26.7 Å². The fourth-order valence-corrected chi connectivity index (χ4v) is 2.60. The molecule has 0 radical (unpaired) electrons. The Morgan fingerprint density at radius 3 is 2.33 bits per heavy atom. The third-order valence-corrected chi connectivity index (χ3v) is 3.62. The van der Waals surface area contributed by atoms with Crippen molar-refractivity contribution in [3.05, 3.63) is 34.4 Å². The van der Waals surface area contributed by atoms with Crippen LogP contribution in [0.3, 0.4) is 0 Å². The number of amides is 1. The molecule has 1 unspecified atom stereocenters. The number of carbonyl (C=O) groups excluding carboxylic acids is 1. The van der Waals surface area contributed by atoms with Crippen LogP contribution in [0.4, 0.5) is 0 Å². The summed E-state index contributed by atoms with van der Waals surface area (Å²) in [5, 5.41) is 3.32. The maximum absolute atomic E-state index is 11.7. The summed E-state index contributed by atoms with van der Waals surface area (Å²) in [4.78, 5) is 11.7. The van der Waals surface area contributed by atoms with Gasteiger partial charge in [-0.15, -0.1) is 0 Å². The molecule has 0 aromatic heterocycles. The number of nitrogens with one attached hydrogen (secondary N) is 1. The molecule has 18 heavy (non-hydrogen) atoms. The van der Waals surface area contributed by atoms with E-state index >= 15 is 0 Å². The second-order valence-corrected chi connectivity index (χ2v) is 5.50. The van der Waals surface area contributed by atoms with Crippen LogP contribution in [0.1, 0.15) is 41.1 Å². The van der Waals surface area contributed by atoms with Crippen molar-refractivity contribution in [2.75, 3.05) is 6.54 Å². The van der Waals surface area contributed by atoms with Gasteiger partial charge < -0.3 is 11.1 Å². The zero-order valence-electron chi connectivity index (χ0n) is 11.4. The first-order valence-corrected chi connectivity index (χ1v) is 6.59. The Labute approximate surface area is 109 Å². The van der Waals surface area contributed by atoms with E-state index < -0.39 is 0 Å². The highest BCUT2D eigenvalue weighted by atomic mass is 16.1. The second-order valence-electron chi connectivity index (χ2n) is 5.50. The highest BCUT2D eigenvalue weighted by molar-refractivity contribution is 5.82. The highest BCUT2D eigenvalue weighted by Crippen LogP contribution is 2.29. The predicted molar refractivity (Wildman–Crippen MR) is 73.3 cm³/mol. The van der Waals surface area contributed by atoms with Gasteiger partial charge >= 0.3 is 0 Å². The SMILES string of the molecule is Cc1cc(C)c(C(NCC2CC2)C(N)=O)c(C)c1. The Kier molecular flexibility index (Phi) is 3.71. The molecule has 1 atom stereocenters. The van der Waals surface area contributed by atoms with Crippen LogP contribution in [-0.2, 0) is 4.79 Å². The summed E-state index contributed by atoms with van der Waals surface area (Å²) in [5.41, 5.74) is 10.1. The lowest BCUT2D eigenvalue weighted by atomic mass is 9.93. The van der Waals surface area contributed by atoms with Gasteiger partial charge in [0.25, 0.3) is 0 Å². The average Bonchev–Trinajstić information content (AvgIpc) is 3.04. The molecule has 1 aromatic rings. The zero-order valence-corrected chi connectivity index (χ0v) is 11.4. The molecule has 0 spiro atoms. The molecule has 98 valence electrons. The third kappa shape index (κ3) is 2.91. The van der Waals surface area contributed by atoms with Gasteiger partial charge in [0, 0.05) is 0 Å². The number of hydrogen-bond donors (Lipinski definition) is 2. The van der Waals surface area contributed by atoms with Gasteiger partial charge in [0.15, 0.2) is 0 Å². The number of aryl methyl sites for hydroxylation is 3. The summed E-state index contributed by atoms with van der Waals surface area (Å²) in [5.74, 6) is 0.448. The van der Waals surface area contributed by atoms with Crippen molar-refractivity contribution in [3.63, 3.8) is 0 Å². The first-order chi connectivity index (χ1) is 8.49. The topological polar surface area (TPSA) is 55.1 Å². The van der Waals surface area contributed by atoms with Crippen LogP contribution in [0.25, 0.3) is 0 Å². The van der Waals surface area contributed by atoms with Crippen LogP contribution in [0.2, 0.25) is 0 Å². The lowest BCUT2D eigenvalue weighted by molar-refractivity contribution is -0.120. The Morgan fingerprint density at radius 2 is 1.89 bits per heavy atom. The molecule has 0 aliphatic heterocycles. The number of primary amides is 1. The molecular weight excluding hydrogens is 224 g/mol. The Bertz CT molecular complexity index is 441.